The second-order valence-electron chi connectivity index (χ2n) is 5.68. The molecule has 4 heteroatoms. The average Bonchev–Trinajstić information content (AvgIpc) is 3.30. The Morgan fingerprint density at radius 2 is 1.81 bits per heavy atom. The Morgan fingerprint density at radius 1 is 1.14 bits per heavy atom. The van der Waals surface area contributed by atoms with Gasteiger partial charge in [-0.15, -0.1) is 0 Å². The molecule has 21 heavy (non-hydrogen) atoms. The molecule has 1 saturated carbocycles. The molecule has 0 N–H and O–H groups in total. The molecule has 0 atom stereocenters. The number of anilines is 2. The summed E-state index contributed by atoms with van der Waals surface area (Å²) in [5, 5.41) is 0.576. The van der Waals surface area contributed by atoms with Gasteiger partial charge >= 0.3 is 0 Å². The molecule has 1 heterocycles. The number of aryl methyl sites for hydroxylation is 1. The zero-order valence-corrected chi connectivity index (χ0v) is 13.5. The Kier molecular flexibility index (Phi) is 3.85. The van der Waals surface area contributed by atoms with Crippen LogP contribution in [0.2, 0.25) is 5.15 Å². The fourth-order valence-corrected chi connectivity index (χ4v) is 2.63. The lowest BCUT2D eigenvalue weighted by Gasteiger charge is -2.24. The molecule has 0 radical (unpaired) electrons. The largest absolute Gasteiger partial charge is 0.326 e. The van der Waals surface area contributed by atoms with Crippen LogP contribution in [0.1, 0.15) is 42.6 Å². The van der Waals surface area contributed by atoms with E-state index in [0.29, 0.717) is 11.1 Å². The first-order chi connectivity index (χ1) is 10.1. The van der Waals surface area contributed by atoms with E-state index >= 15 is 0 Å². The van der Waals surface area contributed by atoms with E-state index in [4.69, 9.17) is 16.6 Å². The van der Waals surface area contributed by atoms with Gasteiger partial charge in [-0.05, 0) is 45.7 Å². The van der Waals surface area contributed by atoms with Crippen LogP contribution in [0, 0.1) is 13.8 Å². The highest BCUT2D eigenvalue weighted by Gasteiger charge is 2.29. The van der Waals surface area contributed by atoms with E-state index in [9.17, 15) is 0 Å². The fraction of sp³-hybridized carbons (Fsp3) is 0.412. The second kappa shape index (κ2) is 5.64. The fourth-order valence-electron chi connectivity index (χ4n) is 2.46. The number of rotatable bonds is 4. The summed E-state index contributed by atoms with van der Waals surface area (Å²) in [6.07, 6.45) is 2.35. The maximum atomic E-state index is 6.33. The maximum absolute atomic E-state index is 6.33. The monoisotopic (exact) mass is 301 g/mol. The molecule has 0 aliphatic heterocycles. The quantitative estimate of drug-likeness (QED) is 0.761. The third-order valence-corrected chi connectivity index (χ3v) is 4.31. The number of benzene rings is 1. The van der Waals surface area contributed by atoms with Gasteiger partial charge in [0, 0.05) is 23.7 Å². The van der Waals surface area contributed by atoms with Gasteiger partial charge in [0.25, 0.3) is 0 Å². The number of hydrogen-bond donors (Lipinski definition) is 0. The van der Waals surface area contributed by atoms with E-state index in [2.05, 4.69) is 48.0 Å². The van der Waals surface area contributed by atoms with Crippen molar-refractivity contribution < 1.29 is 0 Å². The second-order valence-corrected chi connectivity index (χ2v) is 6.03. The lowest BCUT2D eigenvalue weighted by atomic mass is 10.2. The Bertz CT molecular complexity index is 648. The molecular weight excluding hydrogens is 282 g/mol. The third kappa shape index (κ3) is 2.88. The highest BCUT2D eigenvalue weighted by molar-refractivity contribution is 6.30. The van der Waals surface area contributed by atoms with Crippen LogP contribution in [0.4, 0.5) is 11.5 Å². The van der Waals surface area contributed by atoms with Crippen LogP contribution in [0.15, 0.2) is 24.3 Å². The highest BCUT2D eigenvalue weighted by atomic mass is 35.5. The molecule has 110 valence electrons. The lowest BCUT2D eigenvalue weighted by molar-refractivity contribution is 0.883. The van der Waals surface area contributed by atoms with E-state index < -0.39 is 0 Å². The van der Waals surface area contributed by atoms with Gasteiger partial charge in [-0.25, -0.2) is 9.97 Å². The van der Waals surface area contributed by atoms with E-state index in [-0.39, 0.29) is 0 Å². The average molecular weight is 302 g/mol. The lowest BCUT2D eigenvalue weighted by Crippen LogP contribution is -2.20. The topological polar surface area (TPSA) is 29.0 Å². The van der Waals surface area contributed by atoms with Crippen molar-refractivity contribution in [2.75, 3.05) is 11.4 Å². The van der Waals surface area contributed by atoms with E-state index in [1.165, 1.54) is 18.4 Å². The molecular formula is C17H20ClN3. The third-order valence-electron chi connectivity index (χ3n) is 3.94. The zero-order valence-electron chi connectivity index (χ0n) is 12.7. The van der Waals surface area contributed by atoms with Crippen LogP contribution in [0.5, 0.6) is 0 Å². The minimum Gasteiger partial charge on any atom is -0.326 e. The highest BCUT2D eigenvalue weighted by Crippen LogP contribution is 2.40. The van der Waals surface area contributed by atoms with Gasteiger partial charge < -0.3 is 4.90 Å². The molecule has 1 aromatic carbocycles. The molecule has 1 aliphatic carbocycles. The van der Waals surface area contributed by atoms with Crippen molar-refractivity contribution in [1.82, 2.24) is 9.97 Å². The first kappa shape index (κ1) is 14.3. The summed E-state index contributed by atoms with van der Waals surface area (Å²) < 4.78 is 0. The van der Waals surface area contributed by atoms with Gasteiger partial charge in [0.1, 0.15) is 16.8 Å². The molecule has 3 nitrogen and oxygen atoms in total. The van der Waals surface area contributed by atoms with Crippen molar-refractivity contribution in [2.45, 2.75) is 39.5 Å². The number of aromatic nitrogens is 2. The van der Waals surface area contributed by atoms with Gasteiger partial charge in [0.2, 0.25) is 0 Å². The van der Waals surface area contributed by atoms with E-state index in [1.807, 2.05) is 6.92 Å². The van der Waals surface area contributed by atoms with Crippen molar-refractivity contribution in [2.24, 2.45) is 0 Å². The smallest absolute Gasteiger partial charge is 0.141 e. The zero-order chi connectivity index (χ0) is 15.0. The van der Waals surface area contributed by atoms with Gasteiger partial charge in [0.05, 0.1) is 0 Å². The van der Waals surface area contributed by atoms with Crippen molar-refractivity contribution in [1.29, 1.82) is 0 Å². The summed E-state index contributed by atoms with van der Waals surface area (Å²) in [6, 6.07) is 8.51. The Morgan fingerprint density at radius 3 is 2.38 bits per heavy atom. The summed E-state index contributed by atoms with van der Waals surface area (Å²) in [7, 11) is 0. The molecule has 0 bridgehead atoms. The SMILES string of the molecule is CCN(c1ccc(C)cc1)c1nc(C2CC2)nc(Cl)c1C. The van der Waals surface area contributed by atoms with Gasteiger partial charge in [-0.2, -0.15) is 0 Å². The predicted molar refractivity (Wildman–Crippen MR) is 87.6 cm³/mol. The van der Waals surface area contributed by atoms with Crippen LogP contribution < -0.4 is 4.90 Å². The molecule has 3 rings (SSSR count). The molecule has 1 fully saturated rings. The molecule has 0 unspecified atom stereocenters. The van der Waals surface area contributed by atoms with Crippen molar-refractivity contribution in [3.63, 3.8) is 0 Å². The van der Waals surface area contributed by atoms with Crippen LogP contribution in [0.25, 0.3) is 0 Å². The first-order valence-electron chi connectivity index (χ1n) is 7.48. The summed E-state index contributed by atoms with van der Waals surface area (Å²) in [6.45, 7) is 7.07. The molecule has 1 aliphatic rings. The minimum atomic E-state index is 0.499. The van der Waals surface area contributed by atoms with Crippen molar-refractivity contribution in [3.8, 4) is 0 Å². The normalized spacial score (nSPS) is 14.3. The number of nitrogens with zero attached hydrogens (tertiary/aromatic N) is 3. The van der Waals surface area contributed by atoms with Crippen molar-refractivity contribution in [3.05, 3.63) is 46.4 Å². The summed E-state index contributed by atoms with van der Waals surface area (Å²) in [5.41, 5.74) is 3.34. The van der Waals surface area contributed by atoms with Gasteiger partial charge in [-0.1, -0.05) is 29.3 Å². The molecule has 2 aromatic rings. The number of halogens is 1. The predicted octanol–water partition coefficient (Wildman–Crippen LogP) is 4.78. The van der Waals surface area contributed by atoms with Crippen LogP contribution in [0.3, 0.4) is 0 Å². The molecule has 1 aromatic heterocycles. The minimum absolute atomic E-state index is 0.499. The molecule has 0 saturated heterocycles. The Hall–Kier alpha value is -1.61. The summed E-state index contributed by atoms with van der Waals surface area (Å²) in [5.74, 6) is 2.33. The van der Waals surface area contributed by atoms with Gasteiger partial charge in [0.15, 0.2) is 0 Å². The maximum Gasteiger partial charge on any atom is 0.141 e. The Labute approximate surface area is 131 Å². The van der Waals surface area contributed by atoms with E-state index in [1.54, 1.807) is 0 Å². The van der Waals surface area contributed by atoms with Crippen molar-refractivity contribution >= 4 is 23.1 Å². The summed E-state index contributed by atoms with van der Waals surface area (Å²) >= 11 is 6.33. The van der Waals surface area contributed by atoms with Crippen LogP contribution in [-0.4, -0.2) is 16.5 Å². The van der Waals surface area contributed by atoms with Gasteiger partial charge in [-0.3, -0.25) is 0 Å². The standard InChI is InChI=1S/C17H20ClN3/c1-4-21(14-9-5-11(2)6-10-14)17-12(3)15(18)19-16(20-17)13-7-8-13/h5-6,9-10,13H,4,7-8H2,1-3H3. The molecule has 0 spiro atoms. The number of hydrogen-bond acceptors (Lipinski definition) is 3. The van der Waals surface area contributed by atoms with Crippen LogP contribution >= 0.6 is 11.6 Å². The molecule has 0 amide bonds. The Balaban J connectivity index is 2.05. The van der Waals surface area contributed by atoms with Crippen LogP contribution in [-0.2, 0) is 0 Å². The summed E-state index contributed by atoms with van der Waals surface area (Å²) in [4.78, 5) is 11.4. The van der Waals surface area contributed by atoms with E-state index in [0.717, 1.165) is 29.4 Å². The first-order valence-corrected chi connectivity index (χ1v) is 7.86.